The highest BCUT2D eigenvalue weighted by Gasteiger charge is 2.38. The Balaban J connectivity index is 1.80. The Morgan fingerprint density at radius 1 is 1.50 bits per heavy atom. The van der Waals surface area contributed by atoms with Crippen LogP contribution in [0.2, 0.25) is 0 Å². The van der Waals surface area contributed by atoms with Gasteiger partial charge in [0, 0.05) is 0 Å². The molecule has 0 aliphatic heterocycles. The Labute approximate surface area is 136 Å². The number of fused-ring (bicyclic) bond motifs is 1. The lowest BCUT2D eigenvalue weighted by Crippen LogP contribution is -2.40. The second-order valence-electron chi connectivity index (χ2n) is 5.74. The van der Waals surface area contributed by atoms with Crippen molar-refractivity contribution in [1.29, 1.82) is 0 Å². The van der Waals surface area contributed by atoms with Gasteiger partial charge in [0.15, 0.2) is 0 Å². The highest BCUT2D eigenvalue weighted by atomic mass is 32.1. The maximum Gasteiger partial charge on any atom is 0.118 e. The number of benzene rings is 1. The van der Waals surface area contributed by atoms with E-state index in [0.29, 0.717) is 12.5 Å². The molecule has 0 N–H and O–H groups in total. The van der Waals surface area contributed by atoms with Crippen LogP contribution in [0.3, 0.4) is 0 Å². The van der Waals surface area contributed by atoms with E-state index in [0.717, 1.165) is 29.6 Å². The molecule has 0 saturated heterocycles. The molecule has 2 aromatic rings. The standard InChI is InChI=1S/C16H22N4OS/c1-3-4-11-21-12(2)16(13-9-10-13)20(22)19-15-8-6-5-7-14(15)17-18-19/h5-8,13,16,22H,2-4,9-11H2,1H3/t16-/m1/s1. The van der Waals surface area contributed by atoms with Gasteiger partial charge in [0.2, 0.25) is 0 Å². The molecule has 3 rings (SSSR count). The predicted molar refractivity (Wildman–Crippen MR) is 91.2 cm³/mol. The number of ether oxygens (including phenoxy) is 1. The van der Waals surface area contributed by atoms with Gasteiger partial charge in [0.05, 0.1) is 6.61 Å². The molecular formula is C16H22N4OS. The number of nitrogens with zero attached hydrogens (tertiary/aromatic N) is 4. The van der Waals surface area contributed by atoms with Crippen LogP contribution in [0, 0.1) is 5.92 Å². The van der Waals surface area contributed by atoms with Crippen LogP contribution in [0.15, 0.2) is 36.6 Å². The van der Waals surface area contributed by atoms with Crippen molar-refractivity contribution in [1.82, 2.24) is 15.1 Å². The zero-order valence-electron chi connectivity index (χ0n) is 12.9. The minimum atomic E-state index is 0.0188. The van der Waals surface area contributed by atoms with Gasteiger partial charge in [0.1, 0.15) is 22.8 Å². The van der Waals surface area contributed by atoms with Gasteiger partial charge in [-0.3, -0.25) is 0 Å². The van der Waals surface area contributed by atoms with Gasteiger partial charge in [-0.25, -0.2) is 4.41 Å². The third-order valence-corrected chi connectivity index (χ3v) is 4.38. The molecule has 0 bridgehead atoms. The third-order valence-electron chi connectivity index (χ3n) is 3.96. The fourth-order valence-corrected chi connectivity index (χ4v) is 3.00. The first kappa shape index (κ1) is 15.2. The number of thiol groups is 1. The van der Waals surface area contributed by atoms with Gasteiger partial charge in [-0.05, 0) is 55.3 Å². The lowest BCUT2D eigenvalue weighted by molar-refractivity contribution is 0.183. The summed E-state index contributed by atoms with van der Waals surface area (Å²) >= 11 is 4.67. The molecule has 6 heteroatoms. The Morgan fingerprint density at radius 3 is 3.00 bits per heavy atom. The molecule has 1 atom stereocenters. The van der Waals surface area contributed by atoms with E-state index in [1.807, 2.05) is 24.3 Å². The summed E-state index contributed by atoms with van der Waals surface area (Å²) in [5.74, 6) is 1.29. The molecule has 1 aromatic heterocycles. The highest BCUT2D eigenvalue weighted by Crippen LogP contribution is 2.39. The Hall–Kier alpha value is -1.69. The molecule has 1 aliphatic carbocycles. The maximum atomic E-state index is 5.83. The fraction of sp³-hybridized carbons (Fsp3) is 0.500. The summed E-state index contributed by atoms with van der Waals surface area (Å²) in [6.07, 6.45) is 4.49. The van der Waals surface area contributed by atoms with Gasteiger partial charge in [0.25, 0.3) is 0 Å². The van der Waals surface area contributed by atoms with Crippen molar-refractivity contribution in [2.75, 3.05) is 11.0 Å². The molecule has 0 amide bonds. The van der Waals surface area contributed by atoms with Crippen molar-refractivity contribution in [3.63, 3.8) is 0 Å². The monoisotopic (exact) mass is 318 g/mol. The largest absolute Gasteiger partial charge is 0.496 e. The van der Waals surface area contributed by atoms with E-state index >= 15 is 0 Å². The number of para-hydroxylation sites is 1. The summed E-state index contributed by atoms with van der Waals surface area (Å²) in [5.41, 5.74) is 1.79. The summed E-state index contributed by atoms with van der Waals surface area (Å²) in [6.45, 7) is 6.98. The van der Waals surface area contributed by atoms with E-state index in [4.69, 9.17) is 4.74 Å². The van der Waals surface area contributed by atoms with Gasteiger partial charge in [-0.15, -0.1) is 9.89 Å². The van der Waals surface area contributed by atoms with Crippen LogP contribution in [-0.2, 0) is 4.74 Å². The van der Waals surface area contributed by atoms with Crippen LogP contribution in [0.5, 0.6) is 0 Å². The van der Waals surface area contributed by atoms with Gasteiger partial charge >= 0.3 is 0 Å². The molecular weight excluding hydrogens is 296 g/mol. The van der Waals surface area contributed by atoms with E-state index in [1.165, 1.54) is 12.8 Å². The van der Waals surface area contributed by atoms with E-state index in [1.54, 1.807) is 9.21 Å². The summed E-state index contributed by atoms with van der Waals surface area (Å²) in [6, 6.07) is 7.88. The third kappa shape index (κ3) is 3.06. The van der Waals surface area contributed by atoms with Gasteiger partial charge < -0.3 is 4.74 Å². The second kappa shape index (κ2) is 6.60. The second-order valence-corrected chi connectivity index (χ2v) is 6.15. The molecule has 1 heterocycles. The minimum Gasteiger partial charge on any atom is -0.496 e. The number of hydrogen-bond donors (Lipinski definition) is 1. The predicted octanol–water partition coefficient (Wildman–Crippen LogP) is 3.32. The van der Waals surface area contributed by atoms with Crippen LogP contribution >= 0.6 is 12.8 Å². The molecule has 5 nitrogen and oxygen atoms in total. The lowest BCUT2D eigenvalue weighted by Gasteiger charge is -2.29. The van der Waals surface area contributed by atoms with E-state index < -0.39 is 0 Å². The van der Waals surface area contributed by atoms with Crippen molar-refractivity contribution < 1.29 is 4.74 Å². The Kier molecular flexibility index (Phi) is 4.57. The van der Waals surface area contributed by atoms with Crippen LogP contribution in [0.4, 0.5) is 0 Å². The zero-order valence-corrected chi connectivity index (χ0v) is 13.7. The molecule has 1 saturated carbocycles. The van der Waals surface area contributed by atoms with Crippen molar-refractivity contribution in [3.8, 4) is 0 Å². The van der Waals surface area contributed by atoms with Crippen molar-refractivity contribution in [2.24, 2.45) is 5.92 Å². The summed E-state index contributed by atoms with van der Waals surface area (Å²) < 4.78 is 7.64. The molecule has 1 fully saturated rings. The molecule has 118 valence electrons. The first-order chi connectivity index (χ1) is 10.7. The van der Waals surface area contributed by atoms with Gasteiger partial charge in [-0.1, -0.05) is 32.1 Å². The molecule has 0 radical (unpaired) electrons. The van der Waals surface area contributed by atoms with Crippen LogP contribution in [0.25, 0.3) is 11.0 Å². The number of unbranched alkanes of at least 4 members (excludes halogenated alkanes) is 1. The highest BCUT2D eigenvalue weighted by molar-refractivity contribution is 7.81. The van der Waals surface area contributed by atoms with Crippen LogP contribution in [0.1, 0.15) is 32.6 Å². The smallest absolute Gasteiger partial charge is 0.118 e. The van der Waals surface area contributed by atoms with E-state index in [-0.39, 0.29) is 6.04 Å². The number of hydrogen-bond acceptors (Lipinski definition) is 5. The van der Waals surface area contributed by atoms with Crippen molar-refractivity contribution in [3.05, 3.63) is 36.6 Å². The van der Waals surface area contributed by atoms with Crippen LogP contribution < -0.4 is 4.41 Å². The summed E-state index contributed by atoms with van der Waals surface area (Å²) in [4.78, 5) is 1.73. The van der Waals surface area contributed by atoms with Crippen molar-refractivity contribution >= 4 is 23.8 Å². The Morgan fingerprint density at radius 2 is 2.27 bits per heavy atom. The number of aromatic nitrogens is 3. The van der Waals surface area contributed by atoms with E-state index in [2.05, 4.69) is 36.6 Å². The van der Waals surface area contributed by atoms with Crippen LogP contribution in [-0.4, -0.2) is 27.8 Å². The fourth-order valence-electron chi connectivity index (χ4n) is 2.55. The lowest BCUT2D eigenvalue weighted by atomic mass is 10.1. The summed E-state index contributed by atoms with van der Waals surface area (Å²) in [5, 5.41) is 8.41. The topological polar surface area (TPSA) is 43.2 Å². The molecule has 0 spiro atoms. The average Bonchev–Trinajstić information content (AvgIpc) is 3.25. The molecule has 1 aromatic carbocycles. The first-order valence-electron chi connectivity index (χ1n) is 7.82. The average molecular weight is 318 g/mol. The van der Waals surface area contributed by atoms with Crippen molar-refractivity contribution in [2.45, 2.75) is 38.6 Å². The maximum absolute atomic E-state index is 5.83. The SMILES string of the molecule is C=C(OCCCC)[C@H](C1CC1)N(S)n1nnc2ccccc21. The molecule has 22 heavy (non-hydrogen) atoms. The normalized spacial score (nSPS) is 15.7. The first-order valence-corrected chi connectivity index (χ1v) is 8.22. The Bertz CT molecular complexity index is 652. The summed E-state index contributed by atoms with van der Waals surface area (Å²) in [7, 11) is 0. The van der Waals surface area contributed by atoms with E-state index in [9.17, 15) is 0 Å². The van der Waals surface area contributed by atoms with Gasteiger partial charge in [-0.2, -0.15) is 0 Å². The molecule has 0 unspecified atom stereocenters. The minimum absolute atomic E-state index is 0.0188. The zero-order chi connectivity index (χ0) is 15.5. The number of rotatable bonds is 8. The molecule has 1 aliphatic rings. The quantitative estimate of drug-likeness (QED) is 0.461.